The summed E-state index contributed by atoms with van der Waals surface area (Å²) in [7, 11) is 1.41. The molecule has 0 bridgehead atoms. The Morgan fingerprint density at radius 1 is 1.13 bits per heavy atom. The summed E-state index contributed by atoms with van der Waals surface area (Å²) < 4.78 is 10.2. The van der Waals surface area contributed by atoms with Crippen LogP contribution in [0.1, 0.15) is 66.1 Å². The molecular weight excluding hydrogens is 484 g/mol. The standard InChI is InChI=1S/C30H42N2O6/c1-8-9-14-23(33)15-12-19-31-28(35)27(30(4,5)6)32-26(34)16-11-10-13-21(2)20-22(3)24-17-18-25(37-7)29(36)38-24/h8-13,16-20,22-23,27,33H,14-15H2,1-7H3,(H,31,35)(H,32,34)/b9-8-,13-10-,16-11-,19-12-,21-20+/t22-,23?,27+/m0/s1. The minimum Gasteiger partial charge on any atom is -0.490 e. The number of nitrogens with one attached hydrogen (secondary N) is 2. The molecule has 3 N–H and O–H groups in total. The van der Waals surface area contributed by atoms with E-state index in [0.717, 1.165) is 5.57 Å². The fourth-order valence-corrected chi connectivity index (χ4v) is 3.40. The van der Waals surface area contributed by atoms with Gasteiger partial charge in [-0.25, -0.2) is 4.79 Å². The van der Waals surface area contributed by atoms with Crippen molar-refractivity contribution in [2.75, 3.05) is 7.11 Å². The third-order valence-corrected chi connectivity index (χ3v) is 5.52. The first-order chi connectivity index (χ1) is 17.9. The Kier molecular flexibility index (Phi) is 13.8. The van der Waals surface area contributed by atoms with Crippen molar-refractivity contribution in [3.05, 3.63) is 88.7 Å². The van der Waals surface area contributed by atoms with Crippen LogP contribution in [0.15, 0.2) is 81.7 Å². The van der Waals surface area contributed by atoms with Crippen LogP contribution < -0.4 is 21.0 Å². The number of ether oxygens (including phenoxy) is 1. The van der Waals surface area contributed by atoms with Gasteiger partial charge < -0.3 is 24.9 Å². The molecule has 0 fully saturated rings. The fourth-order valence-electron chi connectivity index (χ4n) is 3.40. The third-order valence-electron chi connectivity index (χ3n) is 5.52. The number of aliphatic hydroxyl groups is 1. The smallest absolute Gasteiger partial charge is 0.378 e. The van der Waals surface area contributed by atoms with Crippen molar-refractivity contribution in [1.82, 2.24) is 10.6 Å². The molecule has 1 aromatic heterocycles. The highest BCUT2D eigenvalue weighted by Crippen LogP contribution is 2.20. The summed E-state index contributed by atoms with van der Waals surface area (Å²) in [6, 6.07) is 2.52. The number of hydrogen-bond acceptors (Lipinski definition) is 6. The Bertz CT molecular complexity index is 1120. The van der Waals surface area contributed by atoms with Crippen molar-refractivity contribution >= 4 is 11.8 Å². The van der Waals surface area contributed by atoms with Crippen LogP contribution in [-0.4, -0.2) is 36.2 Å². The highest BCUT2D eigenvalue weighted by atomic mass is 16.5. The molecule has 208 valence electrons. The maximum Gasteiger partial charge on any atom is 0.378 e. The molecule has 3 atom stereocenters. The van der Waals surface area contributed by atoms with Crippen LogP contribution in [0.3, 0.4) is 0 Å². The van der Waals surface area contributed by atoms with Gasteiger partial charge in [0.15, 0.2) is 0 Å². The Hall–Kier alpha value is -3.65. The van der Waals surface area contributed by atoms with Crippen molar-refractivity contribution < 1.29 is 23.8 Å². The number of rotatable bonds is 13. The highest BCUT2D eigenvalue weighted by Gasteiger charge is 2.31. The molecule has 0 aliphatic rings. The second-order valence-corrected chi connectivity index (χ2v) is 10.0. The molecule has 0 aromatic carbocycles. The van der Waals surface area contributed by atoms with Crippen molar-refractivity contribution in [3.63, 3.8) is 0 Å². The normalized spacial score (nSPS) is 15.3. The van der Waals surface area contributed by atoms with Crippen molar-refractivity contribution in [2.24, 2.45) is 5.41 Å². The molecule has 0 radical (unpaired) electrons. The second-order valence-electron chi connectivity index (χ2n) is 10.0. The van der Waals surface area contributed by atoms with Gasteiger partial charge >= 0.3 is 5.63 Å². The van der Waals surface area contributed by atoms with E-state index in [4.69, 9.17) is 9.15 Å². The molecule has 0 aliphatic carbocycles. The molecule has 2 amide bonds. The lowest BCUT2D eigenvalue weighted by Gasteiger charge is -2.29. The number of carbonyl (C=O) groups is 2. The molecule has 8 nitrogen and oxygen atoms in total. The van der Waals surface area contributed by atoms with Gasteiger partial charge in [0, 0.05) is 12.0 Å². The Morgan fingerprint density at radius 3 is 2.39 bits per heavy atom. The molecular formula is C30H42N2O6. The van der Waals surface area contributed by atoms with Gasteiger partial charge in [-0.05, 0) is 50.4 Å². The quantitative estimate of drug-likeness (QED) is 0.195. The SMILES string of the molecule is C/C=C\CC(O)C/C=C\NC(=O)[C@@H](NC(=O)\C=C/C=C\C(C)=C\[C@H](C)c1ccc(OC)c(=O)o1)C(C)(C)C. The van der Waals surface area contributed by atoms with Crippen molar-refractivity contribution in [2.45, 2.75) is 72.4 Å². The number of aliphatic hydroxyl groups excluding tert-OH is 1. The fraction of sp³-hybridized carbons (Fsp3) is 0.433. The summed E-state index contributed by atoms with van der Waals surface area (Å²) in [6.45, 7) is 11.3. The van der Waals surface area contributed by atoms with Crippen LogP contribution in [0.4, 0.5) is 0 Å². The van der Waals surface area contributed by atoms with Gasteiger partial charge in [0.1, 0.15) is 11.8 Å². The first-order valence-electron chi connectivity index (χ1n) is 12.6. The first kappa shape index (κ1) is 32.4. The molecule has 1 aromatic rings. The summed E-state index contributed by atoms with van der Waals surface area (Å²) in [4.78, 5) is 37.0. The molecule has 1 heterocycles. The molecule has 1 rings (SSSR count). The maximum absolute atomic E-state index is 12.7. The lowest BCUT2D eigenvalue weighted by atomic mass is 9.86. The molecule has 0 aliphatic heterocycles. The lowest BCUT2D eigenvalue weighted by Crippen LogP contribution is -2.52. The van der Waals surface area contributed by atoms with Gasteiger partial charge in [-0.15, -0.1) is 0 Å². The maximum atomic E-state index is 12.7. The van der Waals surface area contributed by atoms with Crippen molar-refractivity contribution in [3.8, 4) is 5.75 Å². The molecule has 38 heavy (non-hydrogen) atoms. The molecule has 1 unspecified atom stereocenters. The zero-order valence-corrected chi connectivity index (χ0v) is 23.5. The van der Waals surface area contributed by atoms with E-state index in [1.807, 2.05) is 65.8 Å². The van der Waals surface area contributed by atoms with Crippen LogP contribution >= 0.6 is 0 Å². The van der Waals surface area contributed by atoms with Crippen LogP contribution in [0, 0.1) is 5.41 Å². The number of hydrogen-bond donors (Lipinski definition) is 3. The second kappa shape index (κ2) is 16.2. The summed E-state index contributed by atoms with van der Waals surface area (Å²) in [5.41, 5.74) is -0.130. The minimum absolute atomic E-state index is 0.137. The molecule has 0 saturated carbocycles. The van der Waals surface area contributed by atoms with E-state index in [2.05, 4.69) is 10.6 Å². The Balaban J connectivity index is 2.70. The van der Waals surface area contributed by atoms with Gasteiger partial charge in [0.2, 0.25) is 17.6 Å². The first-order valence-corrected chi connectivity index (χ1v) is 12.6. The van der Waals surface area contributed by atoms with Crippen LogP contribution in [-0.2, 0) is 9.59 Å². The predicted molar refractivity (Wildman–Crippen MR) is 151 cm³/mol. The summed E-state index contributed by atoms with van der Waals surface area (Å²) in [6.07, 6.45) is 15.8. The number of carbonyl (C=O) groups excluding carboxylic acids is 2. The average Bonchev–Trinajstić information content (AvgIpc) is 2.85. The van der Waals surface area contributed by atoms with Crippen LogP contribution in [0.25, 0.3) is 0 Å². The molecule has 0 saturated heterocycles. The largest absolute Gasteiger partial charge is 0.490 e. The van der Waals surface area contributed by atoms with Gasteiger partial charge in [0.25, 0.3) is 0 Å². The predicted octanol–water partition coefficient (Wildman–Crippen LogP) is 4.69. The summed E-state index contributed by atoms with van der Waals surface area (Å²) in [5, 5.41) is 15.3. The molecule has 0 spiro atoms. The van der Waals surface area contributed by atoms with E-state index in [0.29, 0.717) is 18.6 Å². The Labute approximate surface area is 225 Å². The Morgan fingerprint density at radius 2 is 1.79 bits per heavy atom. The number of allylic oxidation sites excluding steroid dienone is 6. The van der Waals surface area contributed by atoms with E-state index < -0.39 is 29.1 Å². The minimum atomic E-state index is -0.761. The monoisotopic (exact) mass is 526 g/mol. The summed E-state index contributed by atoms with van der Waals surface area (Å²) >= 11 is 0. The average molecular weight is 527 g/mol. The highest BCUT2D eigenvalue weighted by molar-refractivity contribution is 5.93. The molecule has 8 heteroatoms. The summed E-state index contributed by atoms with van der Waals surface area (Å²) in [5.74, 6) is -0.202. The van der Waals surface area contributed by atoms with Crippen LogP contribution in [0.2, 0.25) is 0 Å². The van der Waals surface area contributed by atoms with Gasteiger partial charge in [-0.1, -0.05) is 75.8 Å². The van der Waals surface area contributed by atoms with Gasteiger partial charge in [-0.2, -0.15) is 0 Å². The lowest BCUT2D eigenvalue weighted by molar-refractivity contribution is -0.129. The topological polar surface area (TPSA) is 118 Å². The zero-order chi connectivity index (χ0) is 28.7. The van der Waals surface area contributed by atoms with Crippen molar-refractivity contribution in [1.29, 1.82) is 0 Å². The van der Waals surface area contributed by atoms with Gasteiger partial charge in [-0.3, -0.25) is 9.59 Å². The van der Waals surface area contributed by atoms with E-state index in [1.165, 1.54) is 19.4 Å². The van der Waals surface area contributed by atoms with E-state index in [9.17, 15) is 19.5 Å². The number of methoxy groups -OCH3 is 1. The van der Waals surface area contributed by atoms with E-state index in [1.54, 1.807) is 30.4 Å². The van der Waals surface area contributed by atoms with E-state index >= 15 is 0 Å². The zero-order valence-electron chi connectivity index (χ0n) is 23.5. The van der Waals surface area contributed by atoms with Crippen LogP contribution in [0.5, 0.6) is 5.75 Å². The number of amides is 2. The van der Waals surface area contributed by atoms with E-state index in [-0.39, 0.29) is 17.6 Å². The third kappa shape index (κ3) is 12.1. The van der Waals surface area contributed by atoms with Gasteiger partial charge in [0.05, 0.1) is 13.2 Å².